The summed E-state index contributed by atoms with van der Waals surface area (Å²) in [7, 11) is -2.50. The molecule has 33 heavy (non-hydrogen) atoms. The number of hydrogen-bond donors (Lipinski definition) is 1. The molecule has 0 bridgehead atoms. The van der Waals surface area contributed by atoms with Crippen molar-refractivity contribution in [3.05, 3.63) is 54.1 Å². The van der Waals surface area contributed by atoms with Gasteiger partial charge >= 0.3 is 16.1 Å². The summed E-state index contributed by atoms with van der Waals surface area (Å²) in [6.07, 6.45) is 1.87. The Morgan fingerprint density at radius 2 is 1.88 bits per heavy atom. The van der Waals surface area contributed by atoms with Gasteiger partial charge in [-0.05, 0) is 75.6 Å². The standard InChI is InChI=1S/C24H32N2O6S/c1-24(2,3)25-23(27)26(17-21-9-6-14-31-21)16-18-7-5-8-20(15-18)32-33(28,29)22-12-10-19(30-4)11-13-22/h5,7-8,10-13,15,21H,6,9,14,16-17H2,1-4H3,(H,25,27). The second-order valence-corrected chi connectivity index (χ2v) is 10.6. The number of benzene rings is 2. The summed E-state index contributed by atoms with van der Waals surface area (Å²) in [6, 6.07) is 12.5. The number of rotatable bonds is 8. The number of carbonyl (C=O) groups excluding carboxylic acids is 1. The van der Waals surface area contributed by atoms with E-state index in [2.05, 4.69) is 5.32 Å². The van der Waals surface area contributed by atoms with Gasteiger partial charge in [0.15, 0.2) is 0 Å². The Balaban J connectivity index is 1.75. The molecule has 2 amide bonds. The molecule has 1 atom stereocenters. The second-order valence-electron chi connectivity index (χ2n) is 9.06. The van der Waals surface area contributed by atoms with Gasteiger partial charge in [0.2, 0.25) is 0 Å². The monoisotopic (exact) mass is 476 g/mol. The fourth-order valence-corrected chi connectivity index (χ4v) is 4.41. The van der Waals surface area contributed by atoms with E-state index in [1.165, 1.54) is 19.2 Å². The quantitative estimate of drug-likeness (QED) is 0.580. The van der Waals surface area contributed by atoms with Crippen LogP contribution in [-0.2, 0) is 21.4 Å². The third-order valence-corrected chi connectivity index (χ3v) is 6.30. The second kappa shape index (κ2) is 10.4. The molecule has 0 radical (unpaired) electrons. The molecule has 1 heterocycles. The maximum atomic E-state index is 12.9. The Kier molecular flexibility index (Phi) is 7.86. The van der Waals surface area contributed by atoms with Crippen molar-refractivity contribution in [3.63, 3.8) is 0 Å². The minimum Gasteiger partial charge on any atom is -0.497 e. The van der Waals surface area contributed by atoms with Crippen molar-refractivity contribution >= 4 is 16.1 Å². The third-order valence-electron chi connectivity index (χ3n) is 5.04. The normalized spacial score (nSPS) is 16.3. The lowest BCUT2D eigenvalue weighted by atomic mass is 10.1. The summed E-state index contributed by atoms with van der Waals surface area (Å²) in [6.45, 7) is 7.22. The van der Waals surface area contributed by atoms with Crippen LogP contribution in [0.15, 0.2) is 53.4 Å². The van der Waals surface area contributed by atoms with E-state index in [1.807, 2.05) is 26.8 Å². The SMILES string of the molecule is COc1ccc(S(=O)(=O)Oc2cccc(CN(CC3CCCO3)C(=O)NC(C)(C)C)c2)cc1. The molecule has 0 aromatic heterocycles. The number of nitrogens with one attached hydrogen (secondary N) is 1. The van der Waals surface area contributed by atoms with Crippen molar-refractivity contribution in [2.24, 2.45) is 0 Å². The Morgan fingerprint density at radius 1 is 1.15 bits per heavy atom. The highest BCUT2D eigenvalue weighted by Gasteiger charge is 2.25. The molecule has 9 heteroatoms. The van der Waals surface area contributed by atoms with Crippen molar-refractivity contribution in [2.75, 3.05) is 20.3 Å². The van der Waals surface area contributed by atoms with Crippen molar-refractivity contribution in [1.29, 1.82) is 0 Å². The van der Waals surface area contributed by atoms with Crippen LogP contribution in [0.1, 0.15) is 39.2 Å². The number of methoxy groups -OCH3 is 1. The molecule has 2 aromatic carbocycles. The Bertz CT molecular complexity index is 1040. The fourth-order valence-electron chi connectivity index (χ4n) is 3.49. The molecule has 1 unspecified atom stereocenters. The van der Waals surface area contributed by atoms with Crippen molar-refractivity contribution < 1.29 is 26.9 Å². The molecule has 1 fully saturated rings. The lowest BCUT2D eigenvalue weighted by Gasteiger charge is -2.30. The van der Waals surface area contributed by atoms with E-state index in [1.54, 1.807) is 35.2 Å². The van der Waals surface area contributed by atoms with Crippen LogP contribution in [-0.4, -0.2) is 51.3 Å². The third kappa shape index (κ3) is 7.36. The highest BCUT2D eigenvalue weighted by atomic mass is 32.2. The van der Waals surface area contributed by atoms with Crippen LogP contribution in [0.4, 0.5) is 4.79 Å². The Hall–Kier alpha value is -2.78. The van der Waals surface area contributed by atoms with Gasteiger partial charge in [0.25, 0.3) is 0 Å². The number of urea groups is 1. The van der Waals surface area contributed by atoms with Crippen LogP contribution in [0.3, 0.4) is 0 Å². The molecular weight excluding hydrogens is 444 g/mol. The van der Waals surface area contributed by atoms with Gasteiger partial charge in [-0.2, -0.15) is 8.42 Å². The number of nitrogens with zero attached hydrogens (tertiary/aromatic N) is 1. The van der Waals surface area contributed by atoms with E-state index < -0.39 is 10.1 Å². The zero-order valence-corrected chi connectivity index (χ0v) is 20.4. The van der Waals surface area contributed by atoms with Crippen molar-refractivity contribution in [1.82, 2.24) is 10.2 Å². The molecule has 0 aliphatic carbocycles. The van der Waals surface area contributed by atoms with E-state index in [4.69, 9.17) is 13.7 Å². The lowest BCUT2D eigenvalue weighted by Crippen LogP contribution is -2.50. The average Bonchev–Trinajstić information content (AvgIpc) is 3.25. The van der Waals surface area contributed by atoms with Crippen LogP contribution < -0.4 is 14.2 Å². The van der Waals surface area contributed by atoms with E-state index in [-0.39, 0.29) is 28.3 Å². The molecule has 0 saturated carbocycles. The molecule has 0 spiro atoms. The summed E-state index contributed by atoms with van der Waals surface area (Å²) >= 11 is 0. The van der Waals surface area contributed by atoms with E-state index in [0.29, 0.717) is 25.4 Å². The van der Waals surface area contributed by atoms with Crippen molar-refractivity contribution in [3.8, 4) is 11.5 Å². The number of amides is 2. The smallest absolute Gasteiger partial charge is 0.339 e. The predicted molar refractivity (Wildman–Crippen MR) is 125 cm³/mol. The minimum atomic E-state index is -4.01. The van der Waals surface area contributed by atoms with Crippen LogP contribution in [0.25, 0.3) is 0 Å². The van der Waals surface area contributed by atoms with Gasteiger partial charge < -0.3 is 23.9 Å². The van der Waals surface area contributed by atoms with E-state index >= 15 is 0 Å². The van der Waals surface area contributed by atoms with Gasteiger partial charge in [-0.3, -0.25) is 0 Å². The first kappa shape index (κ1) is 24.9. The van der Waals surface area contributed by atoms with Crippen LogP contribution >= 0.6 is 0 Å². The minimum absolute atomic E-state index is 0.00870. The summed E-state index contributed by atoms with van der Waals surface area (Å²) in [4.78, 5) is 14.6. The van der Waals surface area contributed by atoms with Gasteiger partial charge in [-0.15, -0.1) is 0 Å². The molecule has 3 rings (SSSR count). The van der Waals surface area contributed by atoms with Crippen molar-refractivity contribution in [2.45, 2.75) is 56.7 Å². The largest absolute Gasteiger partial charge is 0.497 e. The first-order valence-electron chi connectivity index (χ1n) is 10.9. The Morgan fingerprint density at radius 3 is 2.48 bits per heavy atom. The molecule has 1 aliphatic rings. The van der Waals surface area contributed by atoms with Gasteiger partial charge in [0.1, 0.15) is 16.4 Å². The lowest BCUT2D eigenvalue weighted by molar-refractivity contribution is 0.0782. The zero-order chi connectivity index (χ0) is 24.1. The predicted octanol–water partition coefficient (Wildman–Crippen LogP) is 3.95. The van der Waals surface area contributed by atoms with Gasteiger partial charge in [0, 0.05) is 25.2 Å². The summed E-state index contributed by atoms with van der Waals surface area (Å²) in [5.74, 6) is 0.729. The molecule has 1 aliphatic heterocycles. The van der Waals surface area contributed by atoms with Gasteiger partial charge in [-0.1, -0.05) is 12.1 Å². The number of carbonyl (C=O) groups is 1. The molecule has 8 nitrogen and oxygen atoms in total. The topological polar surface area (TPSA) is 94.2 Å². The van der Waals surface area contributed by atoms with Gasteiger partial charge in [0.05, 0.1) is 13.2 Å². The fraction of sp³-hybridized carbons (Fsp3) is 0.458. The van der Waals surface area contributed by atoms with Crippen LogP contribution in [0.5, 0.6) is 11.5 Å². The highest BCUT2D eigenvalue weighted by molar-refractivity contribution is 7.87. The molecule has 180 valence electrons. The highest BCUT2D eigenvalue weighted by Crippen LogP contribution is 2.23. The first-order valence-corrected chi connectivity index (χ1v) is 12.3. The summed E-state index contributed by atoms with van der Waals surface area (Å²) < 4.78 is 41.5. The molecule has 1 saturated heterocycles. The van der Waals surface area contributed by atoms with Crippen LogP contribution in [0, 0.1) is 0 Å². The first-order chi connectivity index (χ1) is 15.6. The average molecular weight is 477 g/mol. The summed E-state index contributed by atoms with van der Waals surface area (Å²) in [5.41, 5.74) is 0.364. The summed E-state index contributed by atoms with van der Waals surface area (Å²) in [5, 5.41) is 2.99. The number of ether oxygens (including phenoxy) is 2. The van der Waals surface area contributed by atoms with E-state index in [0.717, 1.165) is 18.4 Å². The molecular formula is C24H32N2O6S. The zero-order valence-electron chi connectivity index (χ0n) is 19.5. The maximum absolute atomic E-state index is 12.9. The maximum Gasteiger partial charge on any atom is 0.339 e. The van der Waals surface area contributed by atoms with Gasteiger partial charge in [-0.25, -0.2) is 4.79 Å². The molecule has 1 N–H and O–H groups in total. The number of hydrogen-bond acceptors (Lipinski definition) is 6. The van der Waals surface area contributed by atoms with E-state index in [9.17, 15) is 13.2 Å². The Labute approximate surface area is 196 Å². The molecule has 2 aromatic rings. The van der Waals surface area contributed by atoms with Crippen LogP contribution in [0.2, 0.25) is 0 Å².